The van der Waals surface area contributed by atoms with Crippen LogP contribution in [0.3, 0.4) is 0 Å². The van der Waals surface area contributed by atoms with E-state index in [1.54, 1.807) is 50.2 Å². The Morgan fingerprint density at radius 3 is 1.40 bits per heavy atom. The second-order valence-electron chi connectivity index (χ2n) is 17.4. The summed E-state index contributed by atoms with van der Waals surface area (Å²) in [7, 11) is 2.65. The van der Waals surface area contributed by atoms with Crippen molar-refractivity contribution < 1.29 is 53.0 Å². The number of amides is 4. The van der Waals surface area contributed by atoms with E-state index < -0.39 is 65.3 Å². The van der Waals surface area contributed by atoms with Gasteiger partial charge in [-0.25, -0.2) is 20.5 Å². The van der Waals surface area contributed by atoms with Crippen LogP contribution in [0.1, 0.15) is 104 Å². The number of rotatable bonds is 14. The van der Waals surface area contributed by atoms with Crippen LogP contribution in [0.25, 0.3) is 11.1 Å². The van der Waals surface area contributed by atoms with Crippen LogP contribution in [0, 0.1) is 48.4 Å². The number of nitrogens with one attached hydrogen (secondary N) is 4. The predicted molar refractivity (Wildman–Crippen MR) is 265 cm³/mol. The molecule has 4 aromatic carbocycles. The Morgan fingerprint density at radius 1 is 0.614 bits per heavy atom. The van der Waals surface area contributed by atoms with Crippen molar-refractivity contribution in [3.8, 4) is 59.5 Å². The van der Waals surface area contributed by atoms with Gasteiger partial charge in [0, 0.05) is 22.6 Å². The largest absolute Gasteiger partial charge is 0.478 e. The van der Waals surface area contributed by atoms with E-state index in [-0.39, 0.29) is 18.1 Å². The van der Waals surface area contributed by atoms with Crippen LogP contribution in [-0.4, -0.2) is 91.2 Å². The van der Waals surface area contributed by atoms with Crippen LogP contribution < -0.4 is 21.6 Å². The summed E-state index contributed by atoms with van der Waals surface area (Å²) in [4.78, 5) is 69.6. The van der Waals surface area contributed by atoms with E-state index in [0.717, 1.165) is 22.3 Å². The fraction of sp³-hybridized carbons (Fsp3) is 0.327. The molecule has 15 nitrogen and oxygen atoms in total. The number of benzene rings is 4. The molecule has 4 atom stereocenters. The molecule has 0 radical (unpaired) electrons. The molecule has 0 saturated carbocycles. The Labute approximate surface area is 410 Å². The average Bonchev–Trinajstić information content (AvgIpc) is 3.63. The van der Waals surface area contributed by atoms with E-state index in [2.05, 4.69) is 86.2 Å². The average molecular weight is 953 g/mol. The van der Waals surface area contributed by atoms with Gasteiger partial charge < -0.3 is 30.0 Å². The molecule has 0 spiro atoms. The van der Waals surface area contributed by atoms with E-state index in [1.165, 1.54) is 26.4 Å². The molecule has 0 bridgehead atoms. The standard InChI is InChI=1S/C24H30N2O5.C20H24N2O4.C11H6O2/c1-15(31-24(2,3)4)21(22(27)26-29-5)25-23(28)30-14-20-18-12-8-6-10-16(18)17-11-7-9-13-19(17)20;1-7-8-9-15-10-12-16(13-11-15)18(23)21-17(19(24)22-25-6)14(2)26-20(3,4)5;1-2-3-4-9-5-7-10(8-6-9)11(12)13/h6-13,15,20-21H,14H2,1-5H3,(H,25,28)(H,26,27);1,10-14,17H,2-6H3,(H,21,23)(H,22,24);1,5-8H,(H,12,13)/t15-,21-;14-,17+;/m11./s1. The number of ether oxygens (including phenoxy) is 3. The summed E-state index contributed by atoms with van der Waals surface area (Å²) >= 11 is 0. The number of carbonyl (C=O) groups excluding carboxylic acids is 4. The molecule has 0 aromatic heterocycles. The number of terminal acetylenes is 2. The van der Waals surface area contributed by atoms with Gasteiger partial charge >= 0.3 is 12.1 Å². The molecule has 4 aromatic rings. The summed E-state index contributed by atoms with van der Waals surface area (Å²) in [5.74, 6) is 12.3. The first-order chi connectivity index (χ1) is 33.1. The number of hydrogen-bond donors (Lipinski definition) is 5. The maximum atomic E-state index is 12.6. The van der Waals surface area contributed by atoms with Gasteiger partial charge in [0.15, 0.2) is 0 Å². The molecule has 0 saturated heterocycles. The zero-order valence-electron chi connectivity index (χ0n) is 41.0. The van der Waals surface area contributed by atoms with Gasteiger partial charge in [0.25, 0.3) is 17.7 Å². The van der Waals surface area contributed by atoms with Crippen molar-refractivity contribution in [2.24, 2.45) is 0 Å². The maximum Gasteiger partial charge on any atom is 0.407 e. The summed E-state index contributed by atoms with van der Waals surface area (Å²) in [6.07, 6.45) is 8.16. The molecular formula is C55H60N4O11. The molecule has 4 amide bonds. The van der Waals surface area contributed by atoms with Crippen LogP contribution in [0.15, 0.2) is 97.1 Å². The third-order valence-corrected chi connectivity index (χ3v) is 9.73. The zero-order chi connectivity index (χ0) is 52.0. The Bertz CT molecular complexity index is 2600. The highest BCUT2D eigenvalue weighted by Crippen LogP contribution is 2.44. The van der Waals surface area contributed by atoms with E-state index in [0.29, 0.717) is 16.7 Å². The highest BCUT2D eigenvalue weighted by Gasteiger charge is 2.34. The molecule has 15 heteroatoms. The molecule has 366 valence electrons. The lowest BCUT2D eigenvalue weighted by molar-refractivity contribution is -0.141. The topological polar surface area (TPSA) is 200 Å². The summed E-state index contributed by atoms with van der Waals surface area (Å²) in [5, 5.41) is 13.9. The number of carbonyl (C=O) groups is 5. The minimum absolute atomic E-state index is 0.0624. The number of hydrogen-bond acceptors (Lipinski definition) is 10. The molecule has 0 unspecified atom stereocenters. The van der Waals surface area contributed by atoms with Crippen molar-refractivity contribution >= 4 is 29.8 Å². The highest BCUT2D eigenvalue weighted by molar-refractivity contribution is 5.97. The number of carboxylic acids is 1. The summed E-state index contributed by atoms with van der Waals surface area (Å²) < 4.78 is 17.2. The second kappa shape index (κ2) is 27.2. The van der Waals surface area contributed by atoms with Gasteiger partial charge in [-0.2, -0.15) is 0 Å². The minimum Gasteiger partial charge on any atom is -0.478 e. The van der Waals surface area contributed by atoms with E-state index in [1.807, 2.05) is 65.8 Å². The predicted octanol–water partition coefficient (Wildman–Crippen LogP) is 6.80. The van der Waals surface area contributed by atoms with Gasteiger partial charge in [0.1, 0.15) is 18.7 Å². The molecule has 0 fully saturated rings. The Balaban J connectivity index is 0.000000300. The molecular weight excluding hydrogens is 893 g/mol. The molecule has 0 aliphatic heterocycles. The Hall–Kier alpha value is -7.89. The summed E-state index contributed by atoms with van der Waals surface area (Å²) in [5.41, 5.74) is 10.1. The molecule has 0 heterocycles. The highest BCUT2D eigenvalue weighted by atomic mass is 16.6. The van der Waals surface area contributed by atoms with E-state index >= 15 is 0 Å². The third kappa shape index (κ3) is 18.3. The lowest BCUT2D eigenvalue weighted by atomic mass is 9.98. The van der Waals surface area contributed by atoms with E-state index in [9.17, 15) is 24.0 Å². The van der Waals surface area contributed by atoms with Crippen LogP contribution in [0.5, 0.6) is 0 Å². The number of aromatic carboxylic acids is 1. The monoisotopic (exact) mass is 952 g/mol. The van der Waals surface area contributed by atoms with Crippen molar-refractivity contribution in [1.29, 1.82) is 0 Å². The van der Waals surface area contributed by atoms with Gasteiger partial charge in [-0.3, -0.25) is 24.1 Å². The lowest BCUT2D eigenvalue weighted by Gasteiger charge is -2.30. The van der Waals surface area contributed by atoms with Crippen molar-refractivity contribution in [3.63, 3.8) is 0 Å². The number of carboxylic acid groups (broad SMARTS) is 1. The SMILES string of the molecule is C#CC#Cc1ccc(C(=O)N[C@H](C(=O)NOC)[C@@H](C)OC(C)(C)C)cc1.C#CC#Cc1ccc(C(=O)O)cc1.CONC(=O)[C@H](NC(=O)OCC1c2ccccc2-c2ccccc21)[C@@H](C)OC(C)(C)C. The fourth-order valence-corrected chi connectivity index (χ4v) is 6.98. The molecule has 1 aliphatic carbocycles. The van der Waals surface area contributed by atoms with Crippen molar-refractivity contribution in [2.45, 2.75) is 96.8 Å². The fourth-order valence-electron chi connectivity index (χ4n) is 6.98. The van der Waals surface area contributed by atoms with E-state index in [4.69, 9.17) is 37.0 Å². The maximum absolute atomic E-state index is 12.6. The number of alkyl carbamates (subject to hydrolysis) is 1. The van der Waals surface area contributed by atoms with Crippen molar-refractivity contribution in [3.05, 3.63) is 130 Å². The number of hydroxylamine groups is 2. The molecule has 5 rings (SSSR count). The normalized spacial score (nSPS) is 12.8. The van der Waals surface area contributed by atoms with Crippen molar-refractivity contribution in [2.75, 3.05) is 20.8 Å². The summed E-state index contributed by atoms with van der Waals surface area (Å²) in [6.45, 7) is 14.8. The Kier molecular flexibility index (Phi) is 21.9. The van der Waals surface area contributed by atoms with Gasteiger partial charge in [-0.15, -0.1) is 12.8 Å². The second-order valence-corrected chi connectivity index (χ2v) is 17.4. The quantitative estimate of drug-likeness (QED) is 0.0659. The molecule has 5 N–H and O–H groups in total. The van der Waals surface area contributed by atoms with Crippen LogP contribution in [0.2, 0.25) is 0 Å². The van der Waals surface area contributed by atoms with Gasteiger partial charge in [0.05, 0.1) is 43.2 Å². The van der Waals surface area contributed by atoms with Crippen LogP contribution in [-0.2, 0) is 33.5 Å². The first-order valence-corrected chi connectivity index (χ1v) is 21.9. The van der Waals surface area contributed by atoms with Gasteiger partial charge in [-0.05, 0) is 150 Å². The van der Waals surface area contributed by atoms with Crippen LogP contribution >= 0.6 is 0 Å². The summed E-state index contributed by atoms with van der Waals surface area (Å²) in [6, 6.07) is 27.1. The third-order valence-electron chi connectivity index (χ3n) is 9.73. The van der Waals surface area contributed by atoms with Crippen molar-refractivity contribution in [1.82, 2.24) is 21.6 Å². The minimum atomic E-state index is -0.977. The lowest BCUT2D eigenvalue weighted by Crippen LogP contribution is -2.54. The van der Waals surface area contributed by atoms with Gasteiger partial charge in [0.2, 0.25) is 0 Å². The molecule has 1 aliphatic rings. The smallest absolute Gasteiger partial charge is 0.407 e. The van der Waals surface area contributed by atoms with Crippen LogP contribution in [0.4, 0.5) is 4.79 Å². The first kappa shape index (κ1) is 56.4. The molecule has 70 heavy (non-hydrogen) atoms. The number of fused-ring (bicyclic) bond motifs is 3. The van der Waals surface area contributed by atoms with Gasteiger partial charge in [-0.1, -0.05) is 60.4 Å². The first-order valence-electron chi connectivity index (χ1n) is 21.9. The Morgan fingerprint density at radius 2 is 1.01 bits per heavy atom. The zero-order valence-corrected chi connectivity index (χ0v) is 41.0.